The predicted octanol–water partition coefficient (Wildman–Crippen LogP) is 2.84. The maximum absolute atomic E-state index is 11.8. The van der Waals surface area contributed by atoms with Crippen LogP contribution in [-0.2, 0) is 15.3 Å². The van der Waals surface area contributed by atoms with Crippen molar-refractivity contribution < 1.29 is 14.7 Å². The van der Waals surface area contributed by atoms with Crippen LogP contribution in [0.2, 0.25) is 0 Å². The molecule has 0 aromatic heterocycles. The molecule has 1 amide bonds. The van der Waals surface area contributed by atoms with Gasteiger partial charge in [-0.25, -0.2) is 4.79 Å². The molecule has 0 saturated carbocycles. The highest BCUT2D eigenvalue weighted by molar-refractivity contribution is 7.99. The lowest BCUT2D eigenvalue weighted by Crippen LogP contribution is -2.42. The van der Waals surface area contributed by atoms with E-state index in [4.69, 9.17) is 5.11 Å². The van der Waals surface area contributed by atoms with Gasteiger partial charge in [-0.15, -0.1) is 11.8 Å². The maximum atomic E-state index is 11.8. The summed E-state index contributed by atoms with van der Waals surface area (Å²) in [6.45, 7) is 5.91. The molecule has 0 fully saturated rings. The van der Waals surface area contributed by atoms with Crippen LogP contribution in [0.25, 0.3) is 0 Å². The van der Waals surface area contributed by atoms with Crippen molar-refractivity contribution in [3.05, 3.63) is 35.4 Å². The standard InChI is InChI=1S/C16H23NO3S/c1-11(2)8-14(16(19)20)17-15(18)10-21-9-13-6-4-12(3)5-7-13/h4-7,11,14H,8-10H2,1-3H3,(H,17,18)(H,19,20). The highest BCUT2D eigenvalue weighted by Gasteiger charge is 2.20. The fourth-order valence-corrected chi connectivity index (χ4v) is 2.67. The highest BCUT2D eigenvalue weighted by Crippen LogP contribution is 2.13. The number of amides is 1. The van der Waals surface area contributed by atoms with Gasteiger partial charge in [-0.05, 0) is 24.8 Å². The van der Waals surface area contributed by atoms with Gasteiger partial charge in [0.25, 0.3) is 0 Å². The normalized spacial score (nSPS) is 12.2. The first-order valence-electron chi connectivity index (χ1n) is 7.04. The van der Waals surface area contributed by atoms with Crippen molar-refractivity contribution >= 4 is 23.6 Å². The lowest BCUT2D eigenvalue weighted by atomic mass is 10.0. The Morgan fingerprint density at radius 1 is 1.24 bits per heavy atom. The van der Waals surface area contributed by atoms with Crippen molar-refractivity contribution in [3.63, 3.8) is 0 Å². The molecule has 0 bridgehead atoms. The number of thioether (sulfide) groups is 1. The molecule has 0 saturated heterocycles. The van der Waals surface area contributed by atoms with Crippen molar-refractivity contribution in [2.24, 2.45) is 5.92 Å². The number of rotatable bonds is 8. The molecule has 0 aliphatic carbocycles. The van der Waals surface area contributed by atoms with Crippen LogP contribution in [-0.4, -0.2) is 28.8 Å². The molecular formula is C16H23NO3S. The van der Waals surface area contributed by atoms with E-state index in [1.54, 1.807) is 0 Å². The molecule has 1 rings (SSSR count). The van der Waals surface area contributed by atoms with E-state index < -0.39 is 12.0 Å². The van der Waals surface area contributed by atoms with Crippen LogP contribution in [0.4, 0.5) is 0 Å². The van der Waals surface area contributed by atoms with Gasteiger partial charge >= 0.3 is 5.97 Å². The van der Waals surface area contributed by atoms with Crippen LogP contribution in [0.5, 0.6) is 0 Å². The first kappa shape index (κ1) is 17.6. The lowest BCUT2D eigenvalue weighted by molar-refractivity contribution is -0.141. The molecule has 2 N–H and O–H groups in total. The summed E-state index contributed by atoms with van der Waals surface area (Å²) < 4.78 is 0. The third-order valence-electron chi connectivity index (χ3n) is 2.96. The van der Waals surface area contributed by atoms with Crippen molar-refractivity contribution in [1.29, 1.82) is 0 Å². The van der Waals surface area contributed by atoms with E-state index in [9.17, 15) is 9.59 Å². The summed E-state index contributed by atoms with van der Waals surface area (Å²) in [5.74, 6) is 0.0538. The summed E-state index contributed by atoms with van der Waals surface area (Å²) in [5.41, 5.74) is 2.37. The Morgan fingerprint density at radius 2 is 1.86 bits per heavy atom. The Kier molecular flexibility index (Phi) is 7.29. The molecule has 116 valence electrons. The number of nitrogens with one attached hydrogen (secondary N) is 1. The summed E-state index contributed by atoms with van der Waals surface area (Å²) in [4.78, 5) is 22.9. The van der Waals surface area contributed by atoms with Crippen LogP contribution in [0.1, 0.15) is 31.4 Å². The monoisotopic (exact) mass is 309 g/mol. The number of benzene rings is 1. The van der Waals surface area contributed by atoms with Gasteiger partial charge in [0.1, 0.15) is 6.04 Å². The second-order valence-electron chi connectivity index (χ2n) is 5.57. The molecule has 1 atom stereocenters. The van der Waals surface area contributed by atoms with Crippen LogP contribution >= 0.6 is 11.8 Å². The molecular weight excluding hydrogens is 286 g/mol. The smallest absolute Gasteiger partial charge is 0.326 e. The molecule has 4 nitrogen and oxygen atoms in total. The summed E-state index contributed by atoms with van der Waals surface area (Å²) in [6.07, 6.45) is 0.448. The van der Waals surface area contributed by atoms with Crippen molar-refractivity contribution in [2.45, 2.75) is 39.0 Å². The van der Waals surface area contributed by atoms with Gasteiger partial charge in [0.2, 0.25) is 5.91 Å². The zero-order chi connectivity index (χ0) is 15.8. The van der Waals surface area contributed by atoms with E-state index in [0.717, 1.165) is 11.3 Å². The van der Waals surface area contributed by atoms with Crippen LogP contribution in [0.3, 0.4) is 0 Å². The third kappa shape index (κ3) is 7.18. The minimum absolute atomic E-state index is 0.222. The van der Waals surface area contributed by atoms with Crippen LogP contribution < -0.4 is 5.32 Å². The van der Waals surface area contributed by atoms with Gasteiger partial charge in [0, 0.05) is 5.75 Å². The number of aliphatic carboxylic acids is 1. The van der Waals surface area contributed by atoms with E-state index in [0.29, 0.717) is 6.42 Å². The molecule has 5 heteroatoms. The molecule has 0 radical (unpaired) electrons. The number of carboxylic acid groups (broad SMARTS) is 1. The fraction of sp³-hybridized carbons (Fsp3) is 0.500. The zero-order valence-electron chi connectivity index (χ0n) is 12.8. The first-order chi connectivity index (χ1) is 9.88. The molecule has 0 aliphatic rings. The Labute approximate surface area is 130 Å². The topological polar surface area (TPSA) is 66.4 Å². The van der Waals surface area contributed by atoms with E-state index >= 15 is 0 Å². The molecule has 21 heavy (non-hydrogen) atoms. The van der Waals surface area contributed by atoms with E-state index in [-0.39, 0.29) is 17.6 Å². The number of hydrogen-bond acceptors (Lipinski definition) is 3. The minimum Gasteiger partial charge on any atom is -0.480 e. The fourth-order valence-electron chi connectivity index (χ4n) is 1.87. The molecule has 0 aliphatic heterocycles. The molecule has 1 unspecified atom stereocenters. The lowest BCUT2D eigenvalue weighted by Gasteiger charge is -2.16. The van der Waals surface area contributed by atoms with Crippen molar-refractivity contribution in [1.82, 2.24) is 5.32 Å². The summed E-state index contributed by atoms with van der Waals surface area (Å²) in [7, 11) is 0. The Morgan fingerprint density at radius 3 is 2.38 bits per heavy atom. The SMILES string of the molecule is Cc1ccc(CSCC(=O)NC(CC(C)C)C(=O)O)cc1. The third-order valence-corrected chi connectivity index (χ3v) is 3.97. The maximum Gasteiger partial charge on any atom is 0.326 e. The largest absolute Gasteiger partial charge is 0.480 e. The van der Waals surface area contributed by atoms with Gasteiger partial charge < -0.3 is 10.4 Å². The molecule has 0 spiro atoms. The quantitative estimate of drug-likeness (QED) is 0.775. The number of carboxylic acids is 1. The van der Waals surface area contributed by atoms with Crippen molar-refractivity contribution in [2.75, 3.05) is 5.75 Å². The van der Waals surface area contributed by atoms with Gasteiger partial charge in [-0.2, -0.15) is 0 Å². The Bertz CT molecular complexity index is 471. The van der Waals surface area contributed by atoms with E-state index in [1.165, 1.54) is 17.3 Å². The summed E-state index contributed by atoms with van der Waals surface area (Å²) in [6, 6.07) is 7.37. The molecule has 1 aromatic rings. The average Bonchev–Trinajstić information content (AvgIpc) is 2.39. The number of aryl methyl sites for hydroxylation is 1. The average molecular weight is 309 g/mol. The highest BCUT2D eigenvalue weighted by atomic mass is 32.2. The van der Waals surface area contributed by atoms with Gasteiger partial charge in [0.05, 0.1) is 5.75 Å². The Balaban J connectivity index is 2.35. The minimum atomic E-state index is -0.972. The van der Waals surface area contributed by atoms with Gasteiger partial charge in [0.15, 0.2) is 0 Å². The van der Waals surface area contributed by atoms with Gasteiger partial charge in [-0.3, -0.25) is 4.79 Å². The van der Waals surface area contributed by atoms with E-state index in [1.807, 2.05) is 45.0 Å². The number of hydrogen-bond donors (Lipinski definition) is 2. The first-order valence-corrected chi connectivity index (χ1v) is 8.19. The second-order valence-corrected chi connectivity index (χ2v) is 6.55. The molecule has 0 heterocycles. The molecule has 1 aromatic carbocycles. The van der Waals surface area contributed by atoms with Gasteiger partial charge in [-0.1, -0.05) is 43.7 Å². The summed E-state index contributed by atoms with van der Waals surface area (Å²) in [5, 5.41) is 11.7. The second kappa shape index (κ2) is 8.72. The zero-order valence-corrected chi connectivity index (χ0v) is 13.6. The van der Waals surface area contributed by atoms with E-state index in [2.05, 4.69) is 5.32 Å². The Hall–Kier alpha value is -1.49. The summed E-state index contributed by atoms with van der Waals surface area (Å²) >= 11 is 1.49. The number of carbonyl (C=O) groups is 2. The predicted molar refractivity (Wildman–Crippen MR) is 86.4 cm³/mol. The van der Waals surface area contributed by atoms with Crippen LogP contribution in [0, 0.1) is 12.8 Å². The number of carbonyl (C=O) groups excluding carboxylic acids is 1. The van der Waals surface area contributed by atoms with Crippen molar-refractivity contribution in [3.8, 4) is 0 Å². The van der Waals surface area contributed by atoms with Crippen LogP contribution in [0.15, 0.2) is 24.3 Å².